The fraction of sp³-hybridized carbons (Fsp3) is 0.630. The minimum Gasteiger partial charge on any atom is -0.492 e. The SMILES string of the molecule is CCN(CC)C/C=C\c1ccccc1S(=O)(=O)Nc1ccc2c(c1C(=O)O)CCCC2.CO[C@@H]1[C@H](OC(=O)/C=C/c2ccc(OCCN(C)C)cc2)CCC2(CO2)[C@H]1[C@@]1(C)O[C@@H]1CC=C(C)C.CO[C@@H]1[C@H](OC(=O)C[C@@H](C(=O)NCCCN(C)C)C(C)C)CC[C@]2(CO2)[C@H]1[C@@]1(C)O[C@@H]1CC=C(C)C. The van der Waals surface area contributed by atoms with Crippen molar-refractivity contribution in [1.82, 2.24) is 20.0 Å². The number of carboxylic acid groups (broad SMARTS) is 1. The largest absolute Gasteiger partial charge is 0.492 e. The van der Waals surface area contributed by atoms with E-state index in [-0.39, 0.29) is 117 Å². The number of carbonyl (C=O) groups excluding carboxylic acids is 3. The third kappa shape index (κ3) is 21.9. The molecule has 103 heavy (non-hydrogen) atoms. The van der Waals surface area contributed by atoms with Crippen LogP contribution in [0.3, 0.4) is 0 Å². The summed E-state index contributed by atoms with van der Waals surface area (Å²) >= 11 is 0. The number of nitrogens with one attached hydrogen (secondary N) is 2. The number of rotatable bonds is 33. The summed E-state index contributed by atoms with van der Waals surface area (Å²) in [4.78, 5) is 57.1. The molecule has 13 atom stereocenters. The molecule has 0 aromatic heterocycles. The smallest absolute Gasteiger partial charge is 0.338 e. The Morgan fingerprint density at radius 1 is 0.738 bits per heavy atom. The van der Waals surface area contributed by atoms with Crippen molar-refractivity contribution in [2.75, 3.05) is 106 Å². The first-order chi connectivity index (χ1) is 49.0. The fourth-order valence-electron chi connectivity index (χ4n) is 15.3. The number of sulfonamides is 1. The summed E-state index contributed by atoms with van der Waals surface area (Å²) in [6, 6.07) is 17.8. The first kappa shape index (κ1) is 82.3. The highest BCUT2D eigenvalue weighted by Gasteiger charge is 2.73. The number of aromatic carboxylic acids is 1. The van der Waals surface area contributed by atoms with Crippen LogP contribution in [0.2, 0.25) is 0 Å². The van der Waals surface area contributed by atoms with Gasteiger partial charge in [0.15, 0.2) is 0 Å². The number of aryl methyl sites for hydroxylation is 1. The van der Waals surface area contributed by atoms with Crippen molar-refractivity contribution in [3.63, 3.8) is 0 Å². The highest BCUT2D eigenvalue weighted by molar-refractivity contribution is 7.92. The molecular weight excluding hydrogens is 1330 g/mol. The molecule has 22 heteroatoms. The van der Waals surface area contributed by atoms with E-state index in [1.165, 1.54) is 23.3 Å². The molecule has 3 aromatic rings. The van der Waals surface area contributed by atoms with Gasteiger partial charge in [-0.25, -0.2) is 18.0 Å². The molecule has 21 nitrogen and oxygen atoms in total. The number of nitrogens with zero attached hydrogens (tertiary/aromatic N) is 3. The van der Waals surface area contributed by atoms with Crippen LogP contribution in [0.1, 0.15) is 166 Å². The molecule has 4 aliphatic heterocycles. The number of esters is 2. The number of hydrogen-bond donors (Lipinski definition) is 3. The third-order valence-electron chi connectivity index (χ3n) is 21.5. The number of carboxylic acids is 1. The summed E-state index contributed by atoms with van der Waals surface area (Å²) in [6.07, 6.45) is 19.4. The minimum atomic E-state index is -3.97. The van der Waals surface area contributed by atoms with Gasteiger partial charge in [-0.15, -0.1) is 0 Å². The topological polar surface area (TPSA) is 253 Å². The molecule has 7 aliphatic rings. The van der Waals surface area contributed by atoms with E-state index in [0.717, 1.165) is 107 Å². The zero-order valence-corrected chi connectivity index (χ0v) is 65.0. The van der Waals surface area contributed by atoms with Gasteiger partial charge in [-0.1, -0.05) is 99.5 Å². The van der Waals surface area contributed by atoms with Crippen LogP contribution >= 0.6 is 0 Å². The highest BCUT2D eigenvalue weighted by atomic mass is 32.2. The number of methoxy groups -OCH3 is 2. The Hall–Kier alpha value is -6.31. The van der Waals surface area contributed by atoms with Gasteiger partial charge in [-0.2, -0.15) is 0 Å². The van der Waals surface area contributed by atoms with E-state index in [2.05, 4.69) is 92.3 Å². The van der Waals surface area contributed by atoms with Gasteiger partial charge in [0, 0.05) is 39.9 Å². The average Bonchev–Trinajstić information content (AvgIpc) is 1.54. The van der Waals surface area contributed by atoms with Crippen LogP contribution in [0, 0.1) is 23.7 Å². The maximum absolute atomic E-state index is 13.2. The lowest BCUT2D eigenvalue weighted by Crippen LogP contribution is -2.55. The van der Waals surface area contributed by atoms with Gasteiger partial charge in [0.2, 0.25) is 5.91 Å². The van der Waals surface area contributed by atoms with Gasteiger partial charge in [-0.05, 0) is 219 Å². The quantitative estimate of drug-likeness (QED) is 0.0168. The maximum Gasteiger partial charge on any atom is 0.338 e. The normalized spacial score (nSPS) is 27.7. The average molecular weight is 1450 g/mol. The molecule has 570 valence electrons. The van der Waals surface area contributed by atoms with Gasteiger partial charge in [-0.3, -0.25) is 14.3 Å². The number of ether oxygens (including phenoxy) is 9. The van der Waals surface area contributed by atoms with Crippen LogP contribution in [0.25, 0.3) is 12.2 Å². The molecule has 1 amide bonds. The third-order valence-corrected chi connectivity index (χ3v) is 22.9. The van der Waals surface area contributed by atoms with Crippen LogP contribution in [0.4, 0.5) is 5.69 Å². The molecule has 3 N–H and O–H groups in total. The number of likely N-dealkylation sites (N-methyl/N-ethyl adjacent to an activating group) is 2. The zero-order chi connectivity index (χ0) is 75.0. The van der Waals surface area contributed by atoms with Crippen molar-refractivity contribution in [1.29, 1.82) is 0 Å². The maximum atomic E-state index is 13.2. The van der Waals surface area contributed by atoms with Crippen LogP contribution in [0.15, 0.2) is 101 Å². The number of benzene rings is 3. The molecule has 6 fully saturated rings. The molecule has 2 spiro atoms. The Morgan fingerprint density at radius 2 is 1.30 bits per heavy atom. The zero-order valence-electron chi connectivity index (χ0n) is 64.2. The van der Waals surface area contributed by atoms with Gasteiger partial charge < -0.3 is 67.8 Å². The molecule has 3 aromatic carbocycles. The van der Waals surface area contributed by atoms with Crippen molar-refractivity contribution >= 4 is 51.7 Å². The number of fused-ring (bicyclic) bond motifs is 1. The van der Waals surface area contributed by atoms with E-state index < -0.39 is 21.9 Å². The second kappa shape index (κ2) is 36.8. The van der Waals surface area contributed by atoms with Crippen molar-refractivity contribution in [2.24, 2.45) is 23.7 Å². The standard InChI is InChI=1S/C29H41NO6.C28H48N2O6.C24H30N2O4S/c1-20(2)7-13-24-28(3,36-24)27-26(32-6)23(15-16-29(27)19-34-29)35-25(31)14-10-21-8-11-22(12-9-21)33-18-17-30(4)5;1-18(2)10-11-22-27(5,36-22)25-24(33-8)21(12-13-28(25)17-34-28)35-23(31)16-20(19(3)4)26(32)29-14-9-15-30(6)7;1-3-26(4-2)17-9-12-19-11-6-8-14-22(19)31(29,30)25-21-16-15-18-10-5-7-13-20(18)23(21)24(27)28/h7-12,14,23-24,26-27H,13,15-19H2,1-6H3;10,19-22,24-25H,9,11-17H2,1-8H3,(H,29,32);6,8-9,11-12,14-16,25H,3-5,7,10,13,17H2,1-2H3,(H,27,28)/b14-10+;;12-9-/t23-,24-,26-,27-,28+,29?;20-,21-,22-,24-,25-,27+,28+;/m11./s1. The monoisotopic (exact) mass is 1450 g/mol. The van der Waals surface area contributed by atoms with Gasteiger partial charge >= 0.3 is 17.9 Å². The van der Waals surface area contributed by atoms with Crippen molar-refractivity contribution in [3.05, 3.63) is 124 Å². The Bertz CT molecular complexity index is 3570. The molecule has 3 aliphatic carbocycles. The summed E-state index contributed by atoms with van der Waals surface area (Å²) in [5, 5.41) is 12.8. The number of anilines is 1. The Balaban J connectivity index is 0.000000196. The second-order valence-corrected chi connectivity index (χ2v) is 32.1. The van der Waals surface area contributed by atoms with E-state index in [1.807, 2.05) is 78.4 Å². The van der Waals surface area contributed by atoms with Crippen molar-refractivity contribution in [2.45, 2.75) is 210 Å². The first-order valence-corrected chi connectivity index (χ1v) is 38.7. The fourth-order valence-corrected chi connectivity index (χ4v) is 16.6. The van der Waals surface area contributed by atoms with Gasteiger partial charge in [0.25, 0.3) is 10.0 Å². The summed E-state index contributed by atoms with van der Waals surface area (Å²) < 4.78 is 83.1. The van der Waals surface area contributed by atoms with Crippen molar-refractivity contribution in [3.8, 4) is 5.75 Å². The molecule has 1 unspecified atom stereocenters. The van der Waals surface area contributed by atoms with Crippen LogP contribution < -0.4 is 14.8 Å². The molecule has 2 saturated carbocycles. The number of allylic oxidation sites excluding steroid dienone is 2. The van der Waals surface area contributed by atoms with E-state index >= 15 is 0 Å². The molecule has 4 saturated heterocycles. The van der Waals surface area contributed by atoms with E-state index in [1.54, 1.807) is 50.6 Å². The van der Waals surface area contributed by atoms with E-state index in [9.17, 15) is 32.7 Å². The summed E-state index contributed by atoms with van der Waals surface area (Å²) in [5.41, 5.74) is 4.73. The molecule has 0 radical (unpaired) electrons. The number of carbonyl (C=O) groups is 4. The molecular formula is C81H119N5O16S. The molecule has 10 rings (SSSR count). The lowest BCUT2D eigenvalue weighted by molar-refractivity contribution is -0.173. The van der Waals surface area contributed by atoms with Crippen LogP contribution in [-0.4, -0.2) is 213 Å². The Labute approximate surface area is 613 Å². The minimum absolute atomic E-state index is 0.0149. The first-order valence-electron chi connectivity index (χ1n) is 37.2. The van der Waals surface area contributed by atoms with E-state index in [0.29, 0.717) is 51.2 Å². The molecule has 0 bridgehead atoms. The number of hydrogen-bond acceptors (Lipinski definition) is 18. The Morgan fingerprint density at radius 3 is 1.83 bits per heavy atom. The van der Waals surface area contributed by atoms with Gasteiger partial charge in [0.1, 0.15) is 59.2 Å². The van der Waals surface area contributed by atoms with E-state index in [4.69, 9.17) is 42.6 Å². The lowest BCUT2D eigenvalue weighted by atomic mass is 9.68. The molecule has 4 heterocycles. The lowest BCUT2D eigenvalue weighted by Gasteiger charge is -2.42. The van der Waals surface area contributed by atoms with Crippen molar-refractivity contribution < 1.29 is 75.3 Å². The predicted octanol–water partition coefficient (Wildman–Crippen LogP) is 12.0. The summed E-state index contributed by atoms with van der Waals surface area (Å²) in [7, 11) is 7.44. The Kier molecular flexibility index (Phi) is 29.4. The number of epoxide rings is 4. The van der Waals surface area contributed by atoms with Gasteiger partial charge in [0.05, 0.1) is 65.7 Å². The summed E-state index contributed by atoms with van der Waals surface area (Å²) in [6.45, 7) is 27.7. The second-order valence-electron chi connectivity index (χ2n) is 30.5. The predicted molar refractivity (Wildman–Crippen MR) is 402 cm³/mol. The number of amides is 1. The highest BCUT2D eigenvalue weighted by Crippen LogP contribution is 2.61. The van der Waals surface area contributed by atoms with Crippen LogP contribution in [-0.2, 0) is 75.1 Å². The van der Waals surface area contributed by atoms with Crippen LogP contribution in [0.5, 0.6) is 5.75 Å². The summed E-state index contributed by atoms with van der Waals surface area (Å²) in [5.74, 6) is -1.50.